The van der Waals surface area contributed by atoms with Crippen LogP contribution in [-0.4, -0.2) is 9.78 Å². The molecule has 0 aliphatic rings. The van der Waals surface area contributed by atoms with Crippen LogP contribution in [0.1, 0.15) is 5.56 Å². The third kappa shape index (κ3) is 4.78. The van der Waals surface area contributed by atoms with Gasteiger partial charge in [-0.3, -0.25) is 4.68 Å². The highest BCUT2D eigenvalue weighted by molar-refractivity contribution is 9.10. The predicted octanol–water partition coefficient (Wildman–Crippen LogP) is 6.52. The minimum Gasteiger partial charge on any atom is -0.488 e. The van der Waals surface area contributed by atoms with E-state index in [2.05, 4.69) is 31.9 Å². The van der Waals surface area contributed by atoms with E-state index in [1.165, 1.54) is 0 Å². The molecule has 0 unspecified atom stereocenters. The van der Waals surface area contributed by atoms with E-state index in [4.69, 9.17) is 16.3 Å². The van der Waals surface area contributed by atoms with Crippen LogP contribution in [0.4, 0.5) is 11.4 Å². The van der Waals surface area contributed by atoms with Gasteiger partial charge in [-0.2, -0.15) is 5.10 Å². The Morgan fingerprint density at radius 3 is 2.40 bits per heavy atom. The summed E-state index contributed by atoms with van der Waals surface area (Å²) in [4.78, 5) is 0. The topological polar surface area (TPSA) is 51.1 Å². The maximum atomic E-state index is 6.16. The van der Waals surface area contributed by atoms with Crippen molar-refractivity contribution in [3.05, 3.63) is 94.1 Å². The first-order valence-electron chi connectivity index (χ1n) is 9.36. The Hall–Kier alpha value is -2.96. The van der Waals surface area contributed by atoms with Crippen LogP contribution >= 0.6 is 27.5 Å². The van der Waals surface area contributed by atoms with E-state index >= 15 is 0 Å². The second kappa shape index (κ2) is 9.24. The van der Waals surface area contributed by atoms with Gasteiger partial charge in [-0.1, -0.05) is 41.9 Å². The molecule has 0 aliphatic carbocycles. The van der Waals surface area contributed by atoms with Gasteiger partial charge >= 0.3 is 0 Å². The molecule has 4 rings (SSSR count). The van der Waals surface area contributed by atoms with Crippen molar-refractivity contribution in [2.45, 2.75) is 6.61 Å². The lowest BCUT2D eigenvalue weighted by Gasteiger charge is -2.16. The van der Waals surface area contributed by atoms with Crippen LogP contribution in [0.15, 0.2) is 83.5 Å². The molecule has 0 bridgehead atoms. The van der Waals surface area contributed by atoms with Crippen LogP contribution in [0.25, 0.3) is 11.3 Å². The lowest BCUT2D eigenvalue weighted by atomic mass is 10.1. The van der Waals surface area contributed by atoms with Gasteiger partial charge in [0.05, 0.1) is 27.7 Å². The number of anilines is 2. The average molecular weight is 484 g/mol. The molecule has 7 heteroatoms. The molecular weight excluding hydrogens is 464 g/mol. The van der Waals surface area contributed by atoms with Crippen molar-refractivity contribution in [2.75, 3.05) is 10.9 Å². The molecule has 152 valence electrons. The number of benzene rings is 3. The van der Waals surface area contributed by atoms with Gasteiger partial charge in [0, 0.05) is 17.6 Å². The van der Waals surface area contributed by atoms with E-state index in [-0.39, 0.29) is 0 Å². The quantitative estimate of drug-likeness (QED) is 0.294. The Morgan fingerprint density at radius 2 is 1.70 bits per heavy atom. The number of para-hydroxylation sites is 1. The van der Waals surface area contributed by atoms with Crippen LogP contribution in [-0.2, 0) is 13.7 Å². The number of hydrazine groups is 1. The Bertz CT molecular complexity index is 1110. The molecule has 2 N–H and O–H groups in total. The van der Waals surface area contributed by atoms with Crippen molar-refractivity contribution >= 4 is 38.9 Å². The van der Waals surface area contributed by atoms with Crippen molar-refractivity contribution in [1.29, 1.82) is 0 Å². The summed E-state index contributed by atoms with van der Waals surface area (Å²) < 4.78 is 8.88. The van der Waals surface area contributed by atoms with Crippen LogP contribution in [0.5, 0.6) is 5.75 Å². The van der Waals surface area contributed by atoms with Crippen LogP contribution < -0.4 is 15.6 Å². The molecule has 1 heterocycles. The number of aryl methyl sites for hydroxylation is 1. The summed E-state index contributed by atoms with van der Waals surface area (Å²) in [6.07, 6.45) is 1.78. The first-order valence-corrected chi connectivity index (χ1v) is 10.5. The van der Waals surface area contributed by atoms with Crippen LogP contribution in [0, 0.1) is 0 Å². The standard InChI is InChI=1S/C23H20BrClN4O/c1-29-23(21(24)14-26-29)20-13-19(28-27-18-5-3-2-4-6-18)11-12-22(20)30-15-16-7-9-17(25)10-8-16/h2-14,27-28H,15H2,1H3. The Morgan fingerprint density at radius 1 is 0.967 bits per heavy atom. The molecular formula is C23H20BrClN4O. The Balaban J connectivity index is 1.60. The molecule has 0 saturated heterocycles. The Kier molecular flexibility index (Phi) is 6.26. The minimum atomic E-state index is 0.439. The summed E-state index contributed by atoms with van der Waals surface area (Å²) in [6, 6.07) is 23.5. The summed E-state index contributed by atoms with van der Waals surface area (Å²) in [5.74, 6) is 0.763. The highest BCUT2D eigenvalue weighted by Crippen LogP contribution is 2.37. The van der Waals surface area contributed by atoms with Gasteiger partial charge in [0.2, 0.25) is 0 Å². The molecule has 0 spiro atoms. The number of halogens is 2. The highest BCUT2D eigenvalue weighted by atomic mass is 79.9. The first-order chi connectivity index (χ1) is 14.6. The lowest BCUT2D eigenvalue weighted by molar-refractivity contribution is 0.307. The molecule has 0 amide bonds. The predicted molar refractivity (Wildman–Crippen MR) is 126 cm³/mol. The maximum Gasteiger partial charge on any atom is 0.129 e. The monoisotopic (exact) mass is 482 g/mol. The van der Waals surface area contributed by atoms with Crippen molar-refractivity contribution in [3.8, 4) is 17.0 Å². The van der Waals surface area contributed by atoms with E-state index in [1.807, 2.05) is 84.5 Å². The molecule has 3 aromatic carbocycles. The second-order valence-corrected chi connectivity index (χ2v) is 8.00. The smallest absolute Gasteiger partial charge is 0.129 e. The summed E-state index contributed by atoms with van der Waals surface area (Å²) in [6.45, 7) is 0.439. The molecule has 4 aromatic rings. The number of hydrogen-bond acceptors (Lipinski definition) is 4. The number of nitrogens with one attached hydrogen (secondary N) is 2. The van der Waals surface area contributed by atoms with Gasteiger partial charge in [-0.25, -0.2) is 0 Å². The van der Waals surface area contributed by atoms with Gasteiger partial charge < -0.3 is 15.6 Å². The zero-order valence-corrected chi connectivity index (χ0v) is 18.6. The summed E-state index contributed by atoms with van der Waals surface area (Å²) in [5.41, 5.74) is 11.2. The van der Waals surface area contributed by atoms with E-state index in [9.17, 15) is 0 Å². The molecule has 1 aromatic heterocycles. The zero-order valence-electron chi connectivity index (χ0n) is 16.3. The minimum absolute atomic E-state index is 0.439. The van der Waals surface area contributed by atoms with Crippen molar-refractivity contribution in [3.63, 3.8) is 0 Å². The normalized spacial score (nSPS) is 10.6. The van der Waals surface area contributed by atoms with Crippen LogP contribution in [0.3, 0.4) is 0 Å². The molecule has 0 radical (unpaired) electrons. The fourth-order valence-corrected chi connectivity index (χ4v) is 3.73. The number of ether oxygens (including phenoxy) is 1. The third-order valence-electron chi connectivity index (χ3n) is 4.56. The van der Waals surface area contributed by atoms with Gasteiger partial charge in [-0.05, 0) is 64.0 Å². The second-order valence-electron chi connectivity index (χ2n) is 6.71. The van der Waals surface area contributed by atoms with Gasteiger partial charge in [-0.15, -0.1) is 0 Å². The SMILES string of the molecule is Cn1ncc(Br)c1-c1cc(NNc2ccccc2)ccc1OCc1ccc(Cl)cc1. The number of hydrogen-bond donors (Lipinski definition) is 2. The fourth-order valence-electron chi connectivity index (χ4n) is 3.04. The molecule has 0 aliphatic heterocycles. The van der Waals surface area contributed by atoms with Crippen molar-refractivity contribution < 1.29 is 4.74 Å². The summed E-state index contributed by atoms with van der Waals surface area (Å²) in [7, 11) is 1.91. The summed E-state index contributed by atoms with van der Waals surface area (Å²) in [5, 5.41) is 5.06. The molecule has 0 fully saturated rings. The highest BCUT2D eigenvalue weighted by Gasteiger charge is 2.15. The van der Waals surface area contributed by atoms with Gasteiger partial charge in [0.1, 0.15) is 12.4 Å². The van der Waals surface area contributed by atoms with E-state index < -0.39 is 0 Å². The molecule has 5 nitrogen and oxygen atoms in total. The van der Waals surface area contributed by atoms with E-state index in [0.29, 0.717) is 11.6 Å². The number of nitrogens with zero attached hydrogens (tertiary/aromatic N) is 2. The largest absolute Gasteiger partial charge is 0.488 e. The van der Waals surface area contributed by atoms with Gasteiger partial charge in [0.25, 0.3) is 0 Å². The zero-order chi connectivity index (χ0) is 20.9. The number of rotatable bonds is 7. The Labute approximate surface area is 188 Å². The third-order valence-corrected chi connectivity index (χ3v) is 5.39. The first kappa shape index (κ1) is 20.3. The average Bonchev–Trinajstić information content (AvgIpc) is 3.11. The van der Waals surface area contributed by atoms with Gasteiger partial charge in [0.15, 0.2) is 0 Å². The van der Waals surface area contributed by atoms with Crippen molar-refractivity contribution in [2.24, 2.45) is 7.05 Å². The maximum absolute atomic E-state index is 6.16. The van der Waals surface area contributed by atoms with Crippen LogP contribution in [0.2, 0.25) is 5.02 Å². The summed E-state index contributed by atoms with van der Waals surface area (Å²) >= 11 is 9.58. The molecule has 0 atom stereocenters. The lowest BCUT2D eigenvalue weighted by Crippen LogP contribution is -2.09. The molecule has 30 heavy (non-hydrogen) atoms. The van der Waals surface area contributed by atoms with E-state index in [0.717, 1.165) is 38.4 Å². The fraction of sp³-hybridized carbons (Fsp3) is 0.0870. The van der Waals surface area contributed by atoms with E-state index in [1.54, 1.807) is 6.20 Å². The molecule has 0 saturated carbocycles. The number of aromatic nitrogens is 2. The van der Waals surface area contributed by atoms with Crippen molar-refractivity contribution in [1.82, 2.24) is 9.78 Å².